The zero-order chi connectivity index (χ0) is 34.4. The number of allylic oxidation sites excluding steroid dienone is 5. The summed E-state index contributed by atoms with van der Waals surface area (Å²) in [4.78, 5) is 55.2. The summed E-state index contributed by atoms with van der Waals surface area (Å²) in [6.45, 7) is 9.94. The van der Waals surface area contributed by atoms with Crippen molar-refractivity contribution in [2.24, 2.45) is 23.2 Å². The van der Waals surface area contributed by atoms with E-state index in [0.29, 0.717) is 35.1 Å². The van der Waals surface area contributed by atoms with E-state index in [4.69, 9.17) is 18.9 Å². The third-order valence-corrected chi connectivity index (χ3v) is 12.1. The van der Waals surface area contributed by atoms with Crippen LogP contribution in [-0.4, -0.2) is 65.4 Å². The average molecular weight is 689 g/mol. The van der Waals surface area contributed by atoms with E-state index in [1.807, 2.05) is 40.7 Å². The Labute approximate surface area is 288 Å². The molecular weight excluding hydrogens is 637 g/mol. The van der Waals surface area contributed by atoms with Gasteiger partial charge in [0.2, 0.25) is 10.2 Å². The molecule has 4 aliphatic rings. The number of ether oxygens (including phenoxy) is 4. The number of carbonyl (C=O) groups is 4. The van der Waals surface area contributed by atoms with E-state index in [0.717, 1.165) is 44.9 Å². The first-order valence-electron chi connectivity index (χ1n) is 17.1. The van der Waals surface area contributed by atoms with Crippen LogP contribution >= 0.6 is 23.5 Å². The number of hydrogen-bond donors (Lipinski definition) is 0. The first-order valence-corrected chi connectivity index (χ1v) is 18.9. The topological polar surface area (TPSA) is 105 Å². The first-order chi connectivity index (χ1) is 22.5. The van der Waals surface area contributed by atoms with E-state index >= 15 is 0 Å². The Morgan fingerprint density at radius 3 is 2.26 bits per heavy atom. The molecule has 0 unspecified atom stereocenters. The van der Waals surface area contributed by atoms with Crippen molar-refractivity contribution in [2.75, 3.05) is 20.0 Å². The van der Waals surface area contributed by atoms with Gasteiger partial charge >= 0.3 is 11.9 Å². The smallest absolute Gasteiger partial charge is 0.327 e. The normalized spacial score (nSPS) is 29.7. The lowest BCUT2D eigenvalue weighted by atomic mass is 9.63. The molecule has 6 atom stereocenters. The average Bonchev–Trinajstić information content (AvgIpc) is 3.45. The molecular formula is C37H52O8S2. The summed E-state index contributed by atoms with van der Waals surface area (Å²) in [6.07, 6.45) is 17.1. The molecule has 0 N–H and O–H groups in total. The second-order valence-corrected chi connectivity index (χ2v) is 15.7. The summed E-state index contributed by atoms with van der Waals surface area (Å²) < 4.78 is 23.7. The molecule has 0 spiro atoms. The number of unbranched alkanes of at least 4 members (excludes halogenated alkanes) is 3. The summed E-state index contributed by atoms with van der Waals surface area (Å²) in [5.74, 6) is -2.16. The van der Waals surface area contributed by atoms with Crippen LogP contribution in [0.25, 0.3) is 0 Å². The fraction of sp³-hybridized carbons (Fsp3) is 0.676. The van der Waals surface area contributed by atoms with Crippen LogP contribution in [0.3, 0.4) is 0 Å². The number of rotatable bonds is 15. The molecule has 2 bridgehead atoms. The molecule has 2 aliphatic carbocycles. The fourth-order valence-corrected chi connectivity index (χ4v) is 10.2. The third-order valence-electron chi connectivity index (χ3n) is 9.98. The van der Waals surface area contributed by atoms with Gasteiger partial charge in [-0.1, -0.05) is 50.1 Å². The highest BCUT2D eigenvalue weighted by atomic mass is 32.2. The Balaban J connectivity index is 1.90. The summed E-state index contributed by atoms with van der Waals surface area (Å²) in [6, 6.07) is 0. The quantitative estimate of drug-likeness (QED) is 0.0742. The fourth-order valence-electron chi connectivity index (χ4n) is 8.03. The van der Waals surface area contributed by atoms with Gasteiger partial charge in [0, 0.05) is 28.7 Å². The lowest BCUT2D eigenvalue weighted by Gasteiger charge is -2.46. The predicted molar refractivity (Wildman–Crippen MR) is 187 cm³/mol. The van der Waals surface area contributed by atoms with Crippen LogP contribution in [0, 0.1) is 23.2 Å². The predicted octanol–water partition coefficient (Wildman–Crippen LogP) is 7.52. The van der Waals surface area contributed by atoms with E-state index in [2.05, 4.69) is 24.3 Å². The van der Waals surface area contributed by atoms with Crippen molar-refractivity contribution in [2.45, 2.75) is 116 Å². The maximum atomic E-state index is 13.9. The van der Waals surface area contributed by atoms with Crippen molar-refractivity contribution in [3.63, 3.8) is 0 Å². The molecule has 0 aromatic heterocycles. The highest BCUT2D eigenvalue weighted by Crippen LogP contribution is 2.60. The van der Waals surface area contributed by atoms with E-state index in [-0.39, 0.29) is 41.2 Å². The molecule has 2 heterocycles. The van der Waals surface area contributed by atoms with Gasteiger partial charge in [0.25, 0.3) is 0 Å². The van der Waals surface area contributed by atoms with Gasteiger partial charge in [-0.3, -0.25) is 19.2 Å². The van der Waals surface area contributed by atoms with E-state index in [1.54, 1.807) is 11.8 Å². The summed E-state index contributed by atoms with van der Waals surface area (Å²) in [5.41, 5.74) is -0.544. The molecule has 47 heavy (non-hydrogen) atoms. The molecule has 0 aromatic carbocycles. The van der Waals surface area contributed by atoms with Crippen molar-refractivity contribution in [3.8, 4) is 0 Å². The molecule has 1 fully saturated rings. The van der Waals surface area contributed by atoms with E-state index in [1.165, 1.54) is 14.2 Å². The molecule has 0 radical (unpaired) electrons. The number of carbonyl (C=O) groups excluding carboxylic acids is 4. The SMILES string of the molecule is C/C=C/CCCCC[C@H]1C=C2[C@@H](SCC)[C@@H](C3=C(CC2(C(=O)OC)C(=O)OC)C(=O)SC3=O)[C@@H]1C[C@@H]1OC(C)(C)O[C@H]1CC/C=C/C. The van der Waals surface area contributed by atoms with Gasteiger partial charge < -0.3 is 18.9 Å². The minimum Gasteiger partial charge on any atom is -0.468 e. The van der Waals surface area contributed by atoms with Gasteiger partial charge in [-0.15, -0.1) is 0 Å². The number of methoxy groups -OCH3 is 2. The van der Waals surface area contributed by atoms with Gasteiger partial charge in [0.1, 0.15) is 0 Å². The third kappa shape index (κ3) is 7.86. The molecule has 0 aromatic rings. The zero-order valence-corrected chi connectivity index (χ0v) is 30.6. The molecule has 1 saturated heterocycles. The standard InChI is InChI=1S/C37H52O8S2/c1-8-11-13-14-15-17-18-23-20-26-31(46-10-3)29(24(23)21-28-27(19-16-12-9-2)44-36(4,5)45-28)30-25(32(38)47-33(30)39)22-37(26,34(40)42-6)35(41)43-7/h8-9,11-12,20,23-24,27-29,31H,10,13-19,21-22H2,1-7H3/b11-8+,12-9+/t23-,24+,27-,28-,29+,31+/m0/s1. The highest BCUT2D eigenvalue weighted by Gasteiger charge is 2.63. The van der Waals surface area contributed by atoms with Crippen LogP contribution in [0.2, 0.25) is 0 Å². The minimum absolute atomic E-state index is 0.0806. The minimum atomic E-state index is -1.86. The molecule has 260 valence electrons. The number of thioether (sulfide) groups is 2. The van der Waals surface area contributed by atoms with Crippen molar-refractivity contribution in [3.05, 3.63) is 47.1 Å². The van der Waals surface area contributed by atoms with Crippen LogP contribution in [0.5, 0.6) is 0 Å². The largest absolute Gasteiger partial charge is 0.468 e. The highest BCUT2D eigenvalue weighted by molar-refractivity contribution is 8.27. The number of hydrogen-bond acceptors (Lipinski definition) is 10. The van der Waals surface area contributed by atoms with Gasteiger partial charge in [-0.25, -0.2) is 0 Å². The molecule has 4 rings (SSSR count). The van der Waals surface area contributed by atoms with Crippen LogP contribution < -0.4 is 0 Å². The molecule has 0 amide bonds. The number of fused-ring (bicyclic) bond motifs is 3. The van der Waals surface area contributed by atoms with Crippen molar-refractivity contribution in [1.82, 2.24) is 0 Å². The Morgan fingerprint density at radius 2 is 1.62 bits per heavy atom. The van der Waals surface area contributed by atoms with Gasteiger partial charge in [0.15, 0.2) is 11.2 Å². The maximum absolute atomic E-state index is 13.9. The molecule has 0 saturated carbocycles. The number of esters is 2. The van der Waals surface area contributed by atoms with Crippen LogP contribution in [0.4, 0.5) is 0 Å². The zero-order valence-electron chi connectivity index (χ0n) is 29.0. The Morgan fingerprint density at radius 1 is 0.957 bits per heavy atom. The molecule has 2 aliphatic heterocycles. The second-order valence-electron chi connectivity index (χ2n) is 13.3. The monoisotopic (exact) mass is 688 g/mol. The Hall–Kier alpha value is -2.14. The second kappa shape index (κ2) is 16.5. The van der Waals surface area contributed by atoms with Gasteiger partial charge in [-0.05, 0) is 101 Å². The van der Waals surface area contributed by atoms with Crippen LogP contribution in [0.1, 0.15) is 92.4 Å². The van der Waals surface area contributed by atoms with E-state index < -0.39 is 39.4 Å². The van der Waals surface area contributed by atoms with Crippen molar-refractivity contribution in [1.29, 1.82) is 0 Å². The van der Waals surface area contributed by atoms with Crippen molar-refractivity contribution < 1.29 is 38.1 Å². The lowest BCUT2D eigenvalue weighted by Crippen LogP contribution is -2.50. The Bertz CT molecular complexity index is 1290. The summed E-state index contributed by atoms with van der Waals surface area (Å²) >= 11 is 2.28. The van der Waals surface area contributed by atoms with Gasteiger partial charge in [-0.2, -0.15) is 11.8 Å². The first kappa shape index (κ1) is 37.7. The lowest BCUT2D eigenvalue weighted by molar-refractivity contribution is -0.166. The van der Waals surface area contributed by atoms with Crippen LogP contribution in [-0.2, 0) is 38.1 Å². The summed E-state index contributed by atoms with van der Waals surface area (Å²) in [7, 11) is 2.51. The van der Waals surface area contributed by atoms with Crippen LogP contribution in [0.15, 0.2) is 47.1 Å². The molecule has 10 heteroatoms. The van der Waals surface area contributed by atoms with Crippen molar-refractivity contribution >= 4 is 45.7 Å². The van der Waals surface area contributed by atoms with E-state index in [9.17, 15) is 19.2 Å². The molecule has 8 nitrogen and oxygen atoms in total. The Kier molecular flexibility index (Phi) is 13.2. The summed E-state index contributed by atoms with van der Waals surface area (Å²) in [5, 5.41) is -1.10. The van der Waals surface area contributed by atoms with Gasteiger partial charge in [0.05, 0.1) is 26.4 Å². The maximum Gasteiger partial charge on any atom is 0.327 e.